The number of anilines is 1. The molecular weight excluding hydrogens is 278 g/mol. The Balaban J connectivity index is 2.51. The minimum absolute atomic E-state index is 0.0165. The van der Waals surface area contributed by atoms with Gasteiger partial charge in [0.2, 0.25) is 11.8 Å². The molecule has 0 saturated heterocycles. The van der Waals surface area contributed by atoms with E-state index in [1.165, 1.54) is 0 Å². The van der Waals surface area contributed by atoms with Crippen LogP contribution in [0.5, 0.6) is 0 Å². The summed E-state index contributed by atoms with van der Waals surface area (Å²) in [4.78, 5) is 27.7. The SMILES string of the molecule is CCC(C)C(=O)NCCc1ccnc(NC(=O)C(C)CC)c1. The molecule has 0 aromatic carbocycles. The molecule has 0 spiro atoms. The maximum atomic E-state index is 11.9. The molecule has 0 aliphatic rings. The van der Waals surface area contributed by atoms with Crippen LogP contribution in [0.3, 0.4) is 0 Å². The minimum Gasteiger partial charge on any atom is -0.356 e. The second-order valence-corrected chi connectivity index (χ2v) is 5.70. The van der Waals surface area contributed by atoms with E-state index in [1.807, 2.05) is 39.8 Å². The largest absolute Gasteiger partial charge is 0.356 e. The van der Waals surface area contributed by atoms with Crippen molar-refractivity contribution in [1.82, 2.24) is 10.3 Å². The highest BCUT2D eigenvalue weighted by Gasteiger charge is 2.12. The fraction of sp³-hybridized carbons (Fsp3) is 0.588. The molecule has 0 saturated carbocycles. The molecule has 5 heteroatoms. The summed E-state index contributed by atoms with van der Waals surface area (Å²) >= 11 is 0. The number of amides is 2. The quantitative estimate of drug-likeness (QED) is 0.776. The van der Waals surface area contributed by atoms with Crippen molar-refractivity contribution in [3.8, 4) is 0 Å². The van der Waals surface area contributed by atoms with Gasteiger partial charge in [-0.1, -0.05) is 27.7 Å². The fourth-order valence-electron chi connectivity index (χ4n) is 1.82. The number of hydrogen-bond donors (Lipinski definition) is 2. The summed E-state index contributed by atoms with van der Waals surface area (Å²) in [5.74, 6) is 0.651. The zero-order valence-corrected chi connectivity index (χ0v) is 14.0. The van der Waals surface area contributed by atoms with Crippen LogP contribution in [-0.2, 0) is 16.0 Å². The van der Waals surface area contributed by atoms with E-state index in [4.69, 9.17) is 0 Å². The number of pyridine rings is 1. The highest BCUT2D eigenvalue weighted by atomic mass is 16.2. The van der Waals surface area contributed by atoms with E-state index in [1.54, 1.807) is 6.20 Å². The predicted molar refractivity (Wildman–Crippen MR) is 88.5 cm³/mol. The van der Waals surface area contributed by atoms with E-state index in [-0.39, 0.29) is 23.7 Å². The first-order valence-corrected chi connectivity index (χ1v) is 8.01. The molecule has 122 valence electrons. The van der Waals surface area contributed by atoms with Gasteiger partial charge in [-0.2, -0.15) is 0 Å². The molecule has 2 amide bonds. The third-order valence-corrected chi connectivity index (χ3v) is 3.91. The van der Waals surface area contributed by atoms with Crippen molar-refractivity contribution in [2.24, 2.45) is 11.8 Å². The molecular formula is C17H27N3O2. The van der Waals surface area contributed by atoms with Gasteiger partial charge in [-0.3, -0.25) is 9.59 Å². The molecule has 0 radical (unpaired) electrons. The summed E-state index contributed by atoms with van der Waals surface area (Å²) in [6.45, 7) is 8.38. The predicted octanol–water partition coefficient (Wildman–Crippen LogP) is 2.77. The average Bonchev–Trinajstić information content (AvgIpc) is 2.53. The molecule has 2 unspecified atom stereocenters. The van der Waals surface area contributed by atoms with Crippen molar-refractivity contribution < 1.29 is 9.59 Å². The summed E-state index contributed by atoms with van der Waals surface area (Å²) in [6.07, 6.45) is 4.04. The van der Waals surface area contributed by atoms with Gasteiger partial charge in [0.25, 0.3) is 0 Å². The van der Waals surface area contributed by atoms with Gasteiger partial charge in [-0.25, -0.2) is 4.98 Å². The van der Waals surface area contributed by atoms with Gasteiger partial charge in [0.05, 0.1) is 0 Å². The second-order valence-electron chi connectivity index (χ2n) is 5.70. The first-order valence-electron chi connectivity index (χ1n) is 8.01. The van der Waals surface area contributed by atoms with Gasteiger partial charge < -0.3 is 10.6 Å². The normalized spacial score (nSPS) is 13.3. The smallest absolute Gasteiger partial charge is 0.228 e. The van der Waals surface area contributed by atoms with E-state index in [2.05, 4.69) is 15.6 Å². The van der Waals surface area contributed by atoms with E-state index >= 15 is 0 Å². The van der Waals surface area contributed by atoms with Crippen LogP contribution in [0.2, 0.25) is 0 Å². The zero-order chi connectivity index (χ0) is 16.5. The number of aromatic nitrogens is 1. The van der Waals surface area contributed by atoms with Crippen molar-refractivity contribution in [2.75, 3.05) is 11.9 Å². The van der Waals surface area contributed by atoms with E-state index in [0.29, 0.717) is 12.4 Å². The molecule has 0 aliphatic heterocycles. The van der Waals surface area contributed by atoms with Crippen LogP contribution in [0, 0.1) is 11.8 Å². The summed E-state index contributed by atoms with van der Waals surface area (Å²) < 4.78 is 0. The van der Waals surface area contributed by atoms with Gasteiger partial charge >= 0.3 is 0 Å². The number of nitrogens with zero attached hydrogens (tertiary/aromatic N) is 1. The molecule has 1 rings (SSSR count). The fourth-order valence-corrected chi connectivity index (χ4v) is 1.82. The van der Waals surface area contributed by atoms with E-state index < -0.39 is 0 Å². The molecule has 1 heterocycles. The highest BCUT2D eigenvalue weighted by molar-refractivity contribution is 5.91. The third-order valence-electron chi connectivity index (χ3n) is 3.91. The van der Waals surface area contributed by atoms with Crippen LogP contribution >= 0.6 is 0 Å². The lowest BCUT2D eigenvalue weighted by Gasteiger charge is -2.11. The lowest BCUT2D eigenvalue weighted by atomic mass is 10.1. The van der Waals surface area contributed by atoms with Crippen LogP contribution < -0.4 is 10.6 Å². The van der Waals surface area contributed by atoms with Crippen molar-refractivity contribution >= 4 is 17.6 Å². The first-order chi connectivity index (χ1) is 10.5. The summed E-state index contributed by atoms with van der Waals surface area (Å²) in [7, 11) is 0. The maximum absolute atomic E-state index is 11.9. The summed E-state index contributed by atoms with van der Waals surface area (Å²) in [5.41, 5.74) is 1.04. The molecule has 1 aromatic rings. The Bertz CT molecular complexity index is 502. The molecule has 2 N–H and O–H groups in total. The summed E-state index contributed by atoms with van der Waals surface area (Å²) in [6, 6.07) is 3.75. The number of carbonyl (C=O) groups is 2. The summed E-state index contributed by atoms with van der Waals surface area (Å²) in [5, 5.41) is 5.74. The third kappa shape index (κ3) is 5.84. The van der Waals surface area contributed by atoms with Gasteiger partial charge in [0, 0.05) is 24.6 Å². The molecule has 0 aliphatic carbocycles. The standard InChI is InChI=1S/C17H27N3O2/c1-5-12(3)16(21)19-10-8-14-7-9-18-15(11-14)20-17(22)13(4)6-2/h7,9,11-13H,5-6,8,10H2,1-4H3,(H,19,21)(H,18,20,22). The Morgan fingerprint density at radius 2 is 1.77 bits per heavy atom. The average molecular weight is 305 g/mol. The molecule has 1 aromatic heterocycles. The van der Waals surface area contributed by atoms with Crippen molar-refractivity contribution in [3.63, 3.8) is 0 Å². The first kappa shape index (κ1) is 18.1. The number of nitrogens with one attached hydrogen (secondary N) is 2. The molecule has 0 bridgehead atoms. The molecule has 22 heavy (non-hydrogen) atoms. The van der Waals surface area contributed by atoms with Gasteiger partial charge in [-0.05, 0) is 37.0 Å². The number of hydrogen-bond acceptors (Lipinski definition) is 3. The lowest BCUT2D eigenvalue weighted by Crippen LogP contribution is -2.30. The Morgan fingerprint density at radius 3 is 2.41 bits per heavy atom. The minimum atomic E-state index is -0.0275. The van der Waals surface area contributed by atoms with Crippen LogP contribution in [0.1, 0.15) is 46.1 Å². The Kier molecular flexibility index (Phi) is 7.57. The zero-order valence-electron chi connectivity index (χ0n) is 14.0. The molecule has 0 fully saturated rings. The van der Waals surface area contributed by atoms with Crippen molar-refractivity contribution in [3.05, 3.63) is 23.9 Å². The van der Waals surface area contributed by atoms with Crippen LogP contribution in [0.25, 0.3) is 0 Å². The van der Waals surface area contributed by atoms with Gasteiger partial charge in [-0.15, -0.1) is 0 Å². The molecule has 5 nitrogen and oxygen atoms in total. The van der Waals surface area contributed by atoms with Crippen molar-refractivity contribution in [2.45, 2.75) is 47.0 Å². The Hall–Kier alpha value is -1.91. The van der Waals surface area contributed by atoms with Crippen molar-refractivity contribution in [1.29, 1.82) is 0 Å². The Morgan fingerprint density at radius 1 is 1.14 bits per heavy atom. The topological polar surface area (TPSA) is 71.1 Å². The van der Waals surface area contributed by atoms with Crippen LogP contribution in [0.15, 0.2) is 18.3 Å². The second kappa shape index (κ2) is 9.18. The number of rotatable bonds is 8. The van der Waals surface area contributed by atoms with Crippen LogP contribution in [-0.4, -0.2) is 23.3 Å². The Labute approximate surface area is 132 Å². The van der Waals surface area contributed by atoms with Gasteiger partial charge in [0.15, 0.2) is 0 Å². The lowest BCUT2D eigenvalue weighted by molar-refractivity contribution is -0.124. The van der Waals surface area contributed by atoms with E-state index in [9.17, 15) is 9.59 Å². The monoisotopic (exact) mass is 305 g/mol. The number of carbonyl (C=O) groups excluding carboxylic acids is 2. The highest BCUT2D eigenvalue weighted by Crippen LogP contribution is 2.10. The van der Waals surface area contributed by atoms with Gasteiger partial charge in [0.1, 0.15) is 5.82 Å². The molecule has 2 atom stereocenters. The maximum Gasteiger partial charge on any atom is 0.228 e. The van der Waals surface area contributed by atoms with E-state index in [0.717, 1.165) is 24.8 Å². The van der Waals surface area contributed by atoms with Crippen LogP contribution in [0.4, 0.5) is 5.82 Å².